The zero-order valence-electron chi connectivity index (χ0n) is 16.2. The van der Waals surface area contributed by atoms with Gasteiger partial charge in [-0.05, 0) is 66.2 Å². The van der Waals surface area contributed by atoms with Crippen LogP contribution >= 0.6 is 0 Å². The summed E-state index contributed by atoms with van der Waals surface area (Å²) in [5.74, 6) is 0.550. The quantitative estimate of drug-likeness (QED) is 0.591. The molecule has 132 valence electrons. The van der Waals surface area contributed by atoms with Crippen LogP contribution in [0.25, 0.3) is 5.57 Å². The van der Waals surface area contributed by atoms with Gasteiger partial charge >= 0.3 is 0 Å². The highest BCUT2D eigenvalue weighted by atomic mass is 14.9. The second-order valence-corrected chi connectivity index (χ2v) is 6.73. The van der Waals surface area contributed by atoms with Gasteiger partial charge in [0.1, 0.15) is 0 Å². The first-order valence-corrected chi connectivity index (χ1v) is 8.81. The van der Waals surface area contributed by atoms with E-state index in [1.165, 1.54) is 0 Å². The standard InChI is InChI=1S/C23H30N2/c1-8-17(4)23(20(7)25-15-16(2)3)13-18(5)19(6)22-12-10-9-11-21(22)14-24/h9-13,16,25H,4,7-8,15H2,1-3,5-6H3/b19-18+,23-13+. The Kier molecular flexibility index (Phi) is 7.95. The largest absolute Gasteiger partial charge is 0.385 e. The number of nitrogens with zero attached hydrogens (tertiary/aromatic N) is 1. The second-order valence-electron chi connectivity index (χ2n) is 6.73. The van der Waals surface area contributed by atoms with Gasteiger partial charge < -0.3 is 5.32 Å². The predicted octanol–water partition coefficient (Wildman–Crippen LogP) is 6.00. The molecule has 0 atom stereocenters. The minimum absolute atomic E-state index is 0.550. The average molecular weight is 335 g/mol. The summed E-state index contributed by atoms with van der Waals surface area (Å²) in [6.45, 7) is 19.8. The third-order valence-corrected chi connectivity index (χ3v) is 4.26. The fourth-order valence-electron chi connectivity index (χ4n) is 2.46. The van der Waals surface area contributed by atoms with Crippen LogP contribution in [0.4, 0.5) is 0 Å². The highest BCUT2D eigenvalue weighted by Gasteiger charge is 2.10. The first kappa shape index (κ1) is 20.5. The Morgan fingerprint density at radius 2 is 1.88 bits per heavy atom. The molecule has 0 spiro atoms. The molecule has 0 radical (unpaired) electrons. The molecule has 0 bridgehead atoms. The number of nitrogens with one attached hydrogen (secondary N) is 1. The Balaban J connectivity index is 3.29. The molecular formula is C23H30N2. The molecule has 1 aromatic rings. The van der Waals surface area contributed by atoms with Crippen LogP contribution in [0.2, 0.25) is 0 Å². The maximum absolute atomic E-state index is 9.34. The SMILES string of the molecule is C=C(CC)/C(=C\C(C)=C(/C)c1ccccc1C#N)C(=C)NCC(C)C. The zero-order valence-corrected chi connectivity index (χ0v) is 16.2. The van der Waals surface area contributed by atoms with Crippen molar-refractivity contribution in [3.63, 3.8) is 0 Å². The van der Waals surface area contributed by atoms with Gasteiger partial charge in [0.2, 0.25) is 0 Å². The summed E-state index contributed by atoms with van der Waals surface area (Å²) in [6, 6.07) is 9.97. The van der Waals surface area contributed by atoms with E-state index in [1.54, 1.807) is 0 Å². The van der Waals surface area contributed by atoms with Crippen LogP contribution in [0.1, 0.15) is 52.2 Å². The Hall–Kier alpha value is -2.53. The topological polar surface area (TPSA) is 35.8 Å². The lowest BCUT2D eigenvalue weighted by molar-refractivity contribution is 0.600. The Morgan fingerprint density at radius 3 is 2.44 bits per heavy atom. The number of hydrogen-bond acceptors (Lipinski definition) is 2. The third kappa shape index (κ3) is 5.80. The molecule has 0 heterocycles. The van der Waals surface area contributed by atoms with Crippen molar-refractivity contribution < 1.29 is 0 Å². The number of benzene rings is 1. The van der Waals surface area contributed by atoms with Crippen LogP contribution in [0, 0.1) is 17.2 Å². The zero-order chi connectivity index (χ0) is 19.0. The lowest BCUT2D eigenvalue weighted by Crippen LogP contribution is -2.20. The lowest BCUT2D eigenvalue weighted by atomic mass is 9.94. The fraction of sp³-hybridized carbons (Fsp3) is 0.348. The highest BCUT2D eigenvalue weighted by Crippen LogP contribution is 2.26. The van der Waals surface area contributed by atoms with Gasteiger partial charge in [-0.1, -0.05) is 52.1 Å². The minimum atomic E-state index is 0.550. The Labute approximate surface area is 153 Å². The predicted molar refractivity (Wildman–Crippen MR) is 109 cm³/mol. The van der Waals surface area contributed by atoms with E-state index in [-0.39, 0.29) is 0 Å². The summed E-state index contributed by atoms with van der Waals surface area (Å²) >= 11 is 0. The van der Waals surface area contributed by atoms with Crippen LogP contribution in [0.3, 0.4) is 0 Å². The van der Waals surface area contributed by atoms with Crippen molar-refractivity contribution in [1.82, 2.24) is 5.32 Å². The monoisotopic (exact) mass is 334 g/mol. The minimum Gasteiger partial charge on any atom is -0.385 e. The van der Waals surface area contributed by atoms with Crippen LogP contribution in [0.15, 0.2) is 65.9 Å². The molecule has 0 aliphatic heterocycles. The van der Waals surface area contributed by atoms with Crippen LogP contribution in [-0.2, 0) is 0 Å². The highest BCUT2D eigenvalue weighted by molar-refractivity contribution is 5.73. The normalized spacial score (nSPS) is 12.4. The number of rotatable bonds is 8. The number of hydrogen-bond donors (Lipinski definition) is 1. The molecule has 0 amide bonds. The number of allylic oxidation sites excluding steroid dienone is 4. The van der Waals surface area contributed by atoms with Crippen molar-refractivity contribution in [2.75, 3.05) is 6.54 Å². The molecule has 0 fully saturated rings. The van der Waals surface area contributed by atoms with Crippen LogP contribution in [0.5, 0.6) is 0 Å². The molecule has 1 aromatic carbocycles. The smallest absolute Gasteiger partial charge is 0.0998 e. The van der Waals surface area contributed by atoms with Gasteiger partial charge in [-0.25, -0.2) is 0 Å². The van der Waals surface area contributed by atoms with Crippen molar-refractivity contribution in [2.45, 2.75) is 41.0 Å². The van der Waals surface area contributed by atoms with Gasteiger partial charge in [0.15, 0.2) is 0 Å². The molecule has 0 unspecified atom stereocenters. The first-order valence-electron chi connectivity index (χ1n) is 8.81. The van der Waals surface area contributed by atoms with E-state index in [2.05, 4.69) is 65.2 Å². The van der Waals surface area contributed by atoms with E-state index in [4.69, 9.17) is 0 Å². The second kappa shape index (κ2) is 9.69. The first-order chi connectivity index (χ1) is 11.8. The van der Waals surface area contributed by atoms with Crippen LogP contribution < -0.4 is 5.32 Å². The molecule has 0 saturated carbocycles. The maximum atomic E-state index is 9.34. The van der Waals surface area contributed by atoms with Gasteiger partial charge in [0.25, 0.3) is 0 Å². The van der Waals surface area contributed by atoms with Crippen molar-refractivity contribution in [3.05, 3.63) is 77.0 Å². The van der Waals surface area contributed by atoms with E-state index < -0.39 is 0 Å². The molecule has 0 aliphatic rings. The molecule has 2 heteroatoms. The van der Waals surface area contributed by atoms with E-state index in [0.717, 1.165) is 46.5 Å². The summed E-state index contributed by atoms with van der Waals surface area (Å²) in [7, 11) is 0. The molecule has 0 aromatic heterocycles. The fourth-order valence-corrected chi connectivity index (χ4v) is 2.46. The van der Waals surface area contributed by atoms with Gasteiger partial charge in [0.05, 0.1) is 11.6 Å². The summed E-state index contributed by atoms with van der Waals surface area (Å²) < 4.78 is 0. The summed E-state index contributed by atoms with van der Waals surface area (Å²) in [6.07, 6.45) is 3.00. The van der Waals surface area contributed by atoms with E-state index in [0.29, 0.717) is 11.5 Å². The van der Waals surface area contributed by atoms with Gasteiger partial charge in [0, 0.05) is 12.2 Å². The molecule has 0 saturated heterocycles. The molecule has 1 rings (SSSR count). The van der Waals surface area contributed by atoms with Gasteiger partial charge in [-0.2, -0.15) is 5.26 Å². The maximum Gasteiger partial charge on any atom is 0.0998 e. The van der Waals surface area contributed by atoms with E-state index in [1.807, 2.05) is 24.3 Å². The van der Waals surface area contributed by atoms with Crippen molar-refractivity contribution >= 4 is 5.57 Å². The summed E-state index contributed by atoms with van der Waals surface area (Å²) in [5.41, 5.74) is 6.88. The van der Waals surface area contributed by atoms with Gasteiger partial charge in [-0.15, -0.1) is 0 Å². The lowest BCUT2D eigenvalue weighted by Gasteiger charge is -2.17. The van der Waals surface area contributed by atoms with Gasteiger partial charge in [-0.3, -0.25) is 0 Å². The van der Waals surface area contributed by atoms with Crippen LogP contribution in [-0.4, -0.2) is 6.54 Å². The summed E-state index contributed by atoms with van der Waals surface area (Å²) in [4.78, 5) is 0. The van der Waals surface area contributed by atoms with Crippen molar-refractivity contribution in [3.8, 4) is 6.07 Å². The third-order valence-electron chi connectivity index (χ3n) is 4.26. The Morgan fingerprint density at radius 1 is 1.24 bits per heavy atom. The average Bonchev–Trinajstić information content (AvgIpc) is 2.62. The molecule has 25 heavy (non-hydrogen) atoms. The molecular weight excluding hydrogens is 304 g/mol. The Bertz CT molecular complexity index is 740. The molecule has 0 aliphatic carbocycles. The van der Waals surface area contributed by atoms with E-state index in [9.17, 15) is 5.26 Å². The molecule has 2 nitrogen and oxygen atoms in total. The van der Waals surface area contributed by atoms with E-state index >= 15 is 0 Å². The number of nitriles is 1. The molecule has 1 N–H and O–H groups in total. The van der Waals surface area contributed by atoms with Crippen molar-refractivity contribution in [1.29, 1.82) is 5.26 Å². The summed E-state index contributed by atoms with van der Waals surface area (Å²) in [5, 5.41) is 12.7. The van der Waals surface area contributed by atoms with Crippen molar-refractivity contribution in [2.24, 2.45) is 5.92 Å².